The van der Waals surface area contributed by atoms with E-state index in [0.717, 1.165) is 0 Å². The van der Waals surface area contributed by atoms with Crippen LogP contribution in [-0.4, -0.2) is 12.8 Å². The second kappa shape index (κ2) is 19.0. The van der Waals surface area contributed by atoms with Gasteiger partial charge in [0.25, 0.3) is 0 Å². The van der Waals surface area contributed by atoms with Gasteiger partial charge in [-0.25, -0.2) is 0 Å². The summed E-state index contributed by atoms with van der Waals surface area (Å²) in [7, 11) is 0.200. The molecule has 0 aliphatic carbocycles. The Hall–Kier alpha value is -0.350. The van der Waals surface area contributed by atoms with Crippen LogP contribution in [0.4, 0.5) is 0 Å². The summed E-state index contributed by atoms with van der Waals surface area (Å²) in [6, 6.07) is 11.0. The van der Waals surface area contributed by atoms with Gasteiger partial charge in [0.15, 0.2) is 0 Å². The summed E-state index contributed by atoms with van der Waals surface area (Å²) in [4.78, 5) is 0. The average molecular weight is 391 g/mol. The van der Waals surface area contributed by atoms with Gasteiger partial charge in [0.1, 0.15) is 0 Å². The largest absolute Gasteiger partial charge is 0.105 e. The van der Waals surface area contributed by atoms with E-state index in [4.69, 9.17) is 0 Å². The molecule has 1 aromatic carbocycles. The van der Waals surface area contributed by atoms with Gasteiger partial charge in [-0.1, -0.05) is 134 Å². The molecule has 0 bridgehead atoms. The van der Waals surface area contributed by atoms with E-state index in [1.165, 1.54) is 121 Å². The van der Waals surface area contributed by atoms with E-state index < -0.39 is 0 Å². The normalized spacial score (nSPS) is 12.4. The van der Waals surface area contributed by atoms with Crippen molar-refractivity contribution in [3.8, 4) is 0 Å². The highest BCUT2D eigenvalue weighted by atomic mass is 31.1. The molecule has 1 aromatic rings. The molecule has 1 atom stereocenters. The van der Waals surface area contributed by atoms with E-state index in [2.05, 4.69) is 43.9 Å². The second-order valence-electron chi connectivity index (χ2n) is 8.53. The fourth-order valence-electron chi connectivity index (χ4n) is 3.90. The fraction of sp³-hybridized carbons (Fsp3) is 0.769. The molecule has 0 saturated heterocycles. The third-order valence-corrected chi connectivity index (χ3v) is 7.67. The van der Waals surface area contributed by atoms with E-state index in [0.29, 0.717) is 0 Å². The third-order valence-electron chi connectivity index (χ3n) is 5.69. The quantitative estimate of drug-likeness (QED) is 0.163. The van der Waals surface area contributed by atoms with Crippen molar-refractivity contribution >= 4 is 7.92 Å². The highest BCUT2D eigenvalue weighted by Crippen LogP contribution is 2.36. The van der Waals surface area contributed by atoms with Gasteiger partial charge < -0.3 is 0 Å². The van der Waals surface area contributed by atoms with Crippen LogP contribution in [0.5, 0.6) is 0 Å². The molecule has 0 N–H and O–H groups in total. The predicted molar refractivity (Wildman–Crippen MR) is 127 cm³/mol. The van der Waals surface area contributed by atoms with Gasteiger partial charge in [0.05, 0.1) is 0 Å². The first kappa shape index (κ1) is 24.7. The molecule has 0 radical (unpaired) electrons. The fourth-order valence-corrected chi connectivity index (χ4v) is 5.66. The van der Waals surface area contributed by atoms with Crippen LogP contribution >= 0.6 is 7.92 Å². The van der Waals surface area contributed by atoms with Gasteiger partial charge in [0.2, 0.25) is 0 Å². The van der Waals surface area contributed by atoms with Crippen molar-refractivity contribution in [2.75, 3.05) is 12.8 Å². The number of hydrogen-bond acceptors (Lipinski definition) is 0. The van der Waals surface area contributed by atoms with Crippen molar-refractivity contribution in [2.45, 2.75) is 116 Å². The molecule has 0 aliphatic rings. The number of benzene rings is 1. The van der Waals surface area contributed by atoms with E-state index in [1.54, 1.807) is 0 Å². The molecular formula is C26H47P. The Morgan fingerprint density at radius 3 is 1.41 bits per heavy atom. The zero-order chi connectivity index (χ0) is 19.4. The average Bonchev–Trinajstić information content (AvgIpc) is 2.68. The van der Waals surface area contributed by atoms with Crippen LogP contribution in [0.3, 0.4) is 0 Å². The number of unbranched alkanes of at least 4 members (excludes halogenated alkanes) is 15. The molecule has 0 fully saturated rings. The maximum absolute atomic E-state index is 2.48. The Morgan fingerprint density at radius 2 is 0.963 bits per heavy atom. The SMILES string of the molecule is CCCCCCCCCCCCCCCCCCP(C)Cc1ccccc1. The Bertz CT molecular complexity index is 400. The monoisotopic (exact) mass is 390 g/mol. The lowest BCUT2D eigenvalue weighted by atomic mass is 10.0. The number of hydrogen-bond donors (Lipinski definition) is 0. The molecular weight excluding hydrogens is 343 g/mol. The first-order chi connectivity index (χ1) is 13.3. The lowest BCUT2D eigenvalue weighted by Gasteiger charge is -2.12. The van der Waals surface area contributed by atoms with Crippen LogP contribution in [0.15, 0.2) is 30.3 Å². The third kappa shape index (κ3) is 16.3. The summed E-state index contributed by atoms with van der Waals surface area (Å²) in [5, 5.41) is 0. The van der Waals surface area contributed by atoms with Gasteiger partial charge in [-0.2, -0.15) is 0 Å². The lowest BCUT2D eigenvalue weighted by molar-refractivity contribution is 0.531. The van der Waals surface area contributed by atoms with Crippen LogP contribution in [-0.2, 0) is 6.16 Å². The highest BCUT2D eigenvalue weighted by Gasteiger charge is 2.02. The molecule has 0 nitrogen and oxygen atoms in total. The summed E-state index contributed by atoms with van der Waals surface area (Å²) in [5.74, 6) is 0. The molecule has 27 heavy (non-hydrogen) atoms. The standard InChI is InChI=1S/C26H47P/c1-3-4-5-6-7-8-9-10-11-12-13-14-15-16-17-21-24-27(2)25-26-22-19-18-20-23-26/h18-20,22-23H,3-17,21,24-25H2,1-2H3. The molecule has 0 amide bonds. The second-order valence-corrected chi connectivity index (χ2v) is 11.0. The van der Waals surface area contributed by atoms with Crippen molar-refractivity contribution in [1.29, 1.82) is 0 Å². The maximum Gasteiger partial charge on any atom is -0.00756 e. The summed E-state index contributed by atoms with van der Waals surface area (Å²) < 4.78 is 0. The zero-order valence-electron chi connectivity index (χ0n) is 18.6. The van der Waals surface area contributed by atoms with Gasteiger partial charge in [-0.3, -0.25) is 0 Å². The molecule has 1 unspecified atom stereocenters. The first-order valence-electron chi connectivity index (χ1n) is 12.1. The minimum atomic E-state index is 0.200. The Labute approximate surface area is 172 Å². The Morgan fingerprint density at radius 1 is 0.556 bits per heavy atom. The highest BCUT2D eigenvalue weighted by molar-refractivity contribution is 7.55. The van der Waals surface area contributed by atoms with Gasteiger partial charge in [0, 0.05) is 0 Å². The van der Waals surface area contributed by atoms with Crippen molar-refractivity contribution < 1.29 is 0 Å². The lowest BCUT2D eigenvalue weighted by Crippen LogP contribution is -1.89. The van der Waals surface area contributed by atoms with Gasteiger partial charge >= 0.3 is 0 Å². The molecule has 0 aromatic heterocycles. The molecule has 0 saturated carbocycles. The van der Waals surface area contributed by atoms with Crippen LogP contribution in [0.25, 0.3) is 0 Å². The number of rotatable bonds is 19. The maximum atomic E-state index is 2.48. The smallest absolute Gasteiger partial charge is 0.00756 e. The molecule has 1 rings (SSSR count). The summed E-state index contributed by atoms with van der Waals surface area (Å²) in [6.45, 7) is 4.78. The summed E-state index contributed by atoms with van der Waals surface area (Å²) in [5.41, 5.74) is 1.53. The van der Waals surface area contributed by atoms with Crippen molar-refractivity contribution in [3.63, 3.8) is 0 Å². The van der Waals surface area contributed by atoms with Crippen LogP contribution in [0, 0.1) is 0 Å². The zero-order valence-corrected chi connectivity index (χ0v) is 19.5. The Balaban J connectivity index is 1.75. The van der Waals surface area contributed by atoms with E-state index in [1.807, 2.05) is 0 Å². The van der Waals surface area contributed by atoms with E-state index in [-0.39, 0.29) is 7.92 Å². The van der Waals surface area contributed by atoms with Crippen molar-refractivity contribution in [3.05, 3.63) is 35.9 Å². The van der Waals surface area contributed by atoms with Gasteiger partial charge in [-0.15, -0.1) is 7.92 Å². The molecule has 0 spiro atoms. The molecule has 156 valence electrons. The van der Waals surface area contributed by atoms with Crippen molar-refractivity contribution in [2.24, 2.45) is 0 Å². The van der Waals surface area contributed by atoms with E-state index in [9.17, 15) is 0 Å². The molecule has 0 aliphatic heterocycles. The molecule has 0 heterocycles. The predicted octanol–water partition coefficient (Wildman–Crippen LogP) is 9.56. The van der Waals surface area contributed by atoms with E-state index >= 15 is 0 Å². The van der Waals surface area contributed by atoms with Gasteiger partial charge in [-0.05, 0) is 31.0 Å². The van der Waals surface area contributed by atoms with Crippen LogP contribution in [0.2, 0.25) is 0 Å². The molecule has 1 heteroatoms. The minimum Gasteiger partial charge on any atom is -0.105 e. The topological polar surface area (TPSA) is 0 Å². The van der Waals surface area contributed by atoms with Crippen LogP contribution < -0.4 is 0 Å². The Kier molecular flexibility index (Phi) is 17.4. The first-order valence-corrected chi connectivity index (χ1v) is 14.2. The minimum absolute atomic E-state index is 0.200. The summed E-state index contributed by atoms with van der Waals surface area (Å²) in [6.07, 6.45) is 26.2. The van der Waals surface area contributed by atoms with Crippen molar-refractivity contribution in [1.82, 2.24) is 0 Å². The summed E-state index contributed by atoms with van der Waals surface area (Å²) >= 11 is 0. The van der Waals surface area contributed by atoms with Crippen LogP contribution in [0.1, 0.15) is 115 Å².